The molecule has 0 amide bonds. The zero-order valence-electron chi connectivity index (χ0n) is 11.9. The Balaban J connectivity index is 2.85. The topological polar surface area (TPSA) is 52.7 Å². The van der Waals surface area contributed by atoms with Crippen molar-refractivity contribution in [2.75, 3.05) is 0 Å². The third-order valence-corrected chi connectivity index (χ3v) is 2.78. The number of hydrogen-bond donors (Lipinski definition) is 0. The molecule has 18 heavy (non-hydrogen) atoms. The molecule has 0 saturated heterocycles. The van der Waals surface area contributed by atoms with Crippen molar-refractivity contribution in [3.8, 4) is 0 Å². The molecule has 0 radical (unpaired) electrons. The van der Waals surface area contributed by atoms with Crippen LogP contribution in [0.25, 0.3) is 10.9 Å². The molecule has 0 aliphatic heterocycles. The van der Waals surface area contributed by atoms with Crippen molar-refractivity contribution in [1.29, 1.82) is 0 Å². The second-order valence-electron chi connectivity index (χ2n) is 6.56. The molecule has 0 atom stereocenters. The summed E-state index contributed by atoms with van der Waals surface area (Å²) in [5.41, 5.74) is -0.0317. The quantitative estimate of drug-likeness (QED) is 0.717. The molecular weight excluding hydrogens is 228 g/mol. The summed E-state index contributed by atoms with van der Waals surface area (Å²) < 4.78 is 3.29. The number of fused-ring (bicyclic) bond motifs is 1. The molecule has 5 nitrogen and oxygen atoms in total. The molecule has 0 N–H and O–H groups in total. The van der Waals surface area contributed by atoms with E-state index in [1.165, 1.54) is 4.68 Å². The Kier molecular flexibility index (Phi) is 2.61. The third-order valence-electron chi connectivity index (χ3n) is 2.78. The Labute approximate surface area is 106 Å². The predicted molar refractivity (Wildman–Crippen MR) is 71.8 cm³/mol. The highest BCUT2D eigenvalue weighted by Gasteiger charge is 2.23. The van der Waals surface area contributed by atoms with Gasteiger partial charge in [0.05, 0.1) is 23.5 Å². The summed E-state index contributed by atoms with van der Waals surface area (Å²) in [6, 6.07) is 0. The summed E-state index contributed by atoms with van der Waals surface area (Å²) in [4.78, 5) is 12.5. The van der Waals surface area contributed by atoms with Crippen LogP contribution in [0.3, 0.4) is 0 Å². The van der Waals surface area contributed by atoms with E-state index in [9.17, 15) is 4.79 Å². The Morgan fingerprint density at radius 2 is 1.33 bits per heavy atom. The summed E-state index contributed by atoms with van der Waals surface area (Å²) >= 11 is 0. The summed E-state index contributed by atoms with van der Waals surface area (Å²) in [7, 11) is 0. The van der Waals surface area contributed by atoms with E-state index in [-0.39, 0.29) is 16.6 Å². The first-order chi connectivity index (χ1) is 8.12. The molecule has 2 rings (SSSR count). The van der Waals surface area contributed by atoms with Gasteiger partial charge in [-0.3, -0.25) is 9.48 Å². The maximum atomic E-state index is 12.5. The molecule has 0 saturated carbocycles. The summed E-state index contributed by atoms with van der Waals surface area (Å²) in [5.74, 6) is 0. The number of hydrogen-bond acceptors (Lipinski definition) is 3. The van der Waals surface area contributed by atoms with Crippen LogP contribution in [0.15, 0.2) is 17.2 Å². The average Bonchev–Trinajstić information content (AvgIpc) is 2.59. The van der Waals surface area contributed by atoms with Crippen molar-refractivity contribution in [2.24, 2.45) is 0 Å². The average molecular weight is 248 g/mol. The molecule has 98 valence electrons. The van der Waals surface area contributed by atoms with Crippen molar-refractivity contribution in [3.63, 3.8) is 0 Å². The van der Waals surface area contributed by atoms with Crippen LogP contribution in [-0.2, 0) is 11.1 Å². The van der Waals surface area contributed by atoms with E-state index in [1.54, 1.807) is 17.1 Å². The predicted octanol–water partition coefficient (Wildman–Crippen LogP) is 2.10. The van der Waals surface area contributed by atoms with Gasteiger partial charge in [-0.15, -0.1) is 0 Å². The molecule has 2 aromatic rings. The largest absolute Gasteiger partial charge is 0.293 e. The second kappa shape index (κ2) is 3.67. The van der Waals surface area contributed by atoms with Gasteiger partial charge in [0.2, 0.25) is 0 Å². The third kappa shape index (κ3) is 1.94. The Hall–Kier alpha value is -1.65. The molecule has 0 fully saturated rings. The van der Waals surface area contributed by atoms with Crippen LogP contribution >= 0.6 is 0 Å². The summed E-state index contributed by atoms with van der Waals surface area (Å²) in [5, 5.41) is 9.33. The van der Waals surface area contributed by atoms with Crippen LogP contribution in [0, 0.1) is 0 Å². The van der Waals surface area contributed by atoms with Crippen molar-refractivity contribution in [2.45, 2.75) is 52.6 Å². The zero-order valence-corrected chi connectivity index (χ0v) is 11.9. The van der Waals surface area contributed by atoms with Gasteiger partial charge in [0.25, 0.3) is 5.56 Å². The van der Waals surface area contributed by atoms with Crippen molar-refractivity contribution < 1.29 is 0 Å². The number of rotatable bonds is 0. The molecule has 0 aliphatic carbocycles. The van der Waals surface area contributed by atoms with Gasteiger partial charge in [-0.1, -0.05) is 0 Å². The number of aromatic nitrogens is 4. The first-order valence-corrected chi connectivity index (χ1v) is 6.09. The Morgan fingerprint density at radius 3 is 1.78 bits per heavy atom. The van der Waals surface area contributed by atoms with Gasteiger partial charge in [0, 0.05) is 5.39 Å². The molecule has 0 aromatic carbocycles. The maximum Gasteiger partial charge on any atom is 0.293 e. The first kappa shape index (κ1) is 12.8. The molecule has 0 spiro atoms. The van der Waals surface area contributed by atoms with Gasteiger partial charge < -0.3 is 0 Å². The summed E-state index contributed by atoms with van der Waals surface area (Å²) in [6.45, 7) is 12.0. The number of nitrogens with zero attached hydrogens (tertiary/aromatic N) is 4. The monoisotopic (exact) mass is 248 g/mol. The second-order valence-corrected chi connectivity index (χ2v) is 6.56. The van der Waals surface area contributed by atoms with Crippen LogP contribution in [0.4, 0.5) is 0 Å². The lowest BCUT2D eigenvalue weighted by Crippen LogP contribution is -2.37. The SMILES string of the molecule is CC(C)(C)n1ncc2cnn(C(C)(C)C)c2c1=O. The van der Waals surface area contributed by atoms with Gasteiger partial charge in [-0.25, -0.2) is 4.68 Å². The molecule has 0 unspecified atom stereocenters. The summed E-state index contributed by atoms with van der Waals surface area (Å²) in [6.07, 6.45) is 3.40. The molecule has 0 aliphatic rings. The van der Waals surface area contributed by atoms with Crippen LogP contribution in [0.1, 0.15) is 41.5 Å². The zero-order chi connectivity index (χ0) is 13.7. The van der Waals surface area contributed by atoms with Gasteiger partial charge in [0.1, 0.15) is 5.52 Å². The van der Waals surface area contributed by atoms with Crippen LogP contribution in [-0.4, -0.2) is 19.6 Å². The highest BCUT2D eigenvalue weighted by Crippen LogP contribution is 2.19. The van der Waals surface area contributed by atoms with Crippen molar-refractivity contribution >= 4 is 10.9 Å². The minimum absolute atomic E-state index is 0.0903. The Bertz CT molecular complexity index is 638. The van der Waals surface area contributed by atoms with E-state index >= 15 is 0 Å². The van der Waals surface area contributed by atoms with E-state index in [0.29, 0.717) is 5.52 Å². The minimum Gasteiger partial charge on any atom is -0.265 e. The van der Waals surface area contributed by atoms with Gasteiger partial charge in [-0.2, -0.15) is 10.2 Å². The van der Waals surface area contributed by atoms with Gasteiger partial charge in [0.15, 0.2) is 0 Å². The van der Waals surface area contributed by atoms with Crippen molar-refractivity contribution in [1.82, 2.24) is 19.6 Å². The molecule has 2 heterocycles. The van der Waals surface area contributed by atoms with Crippen LogP contribution in [0.2, 0.25) is 0 Å². The maximum absolute atomic E-state index is 12.5. The fraction of sp³-hybridized carbons (Fsp3) is 0.615. The first-order valence-electron chi connectivity index (χ1n) is 6.09. The van der Waals surface area contributed by atoms with Crippen LogP contribution in [0.5, 0.6) is 0 Å². The lowest BCUT2D eigenvalue weighted by atomic mass is 10.1. The molecule has 2 aromatic heterocycles. The normalized spacial score (nSPS) is 13.2. The Morgan fingerprint density at radius 1 is 0.889 bits per heavy atom. The van der Waals surface area contributed by atoms with E-state index < -0.39 is 0 Å². The molecular formula is C13H20N4O. The lowest BCUT2D eigenvalue weighted by molar-refractivity contribution is 0.333. The van der Waals surface area contributed by atoms with Crippen LogP contribution < -0.4 is 5.56 Å². The van der Waals surface area contributed by atoms with E-state index in [0.717, 1.165) is 5.39 Å². The smallest absolute Gasteiger partial charge is 0.265 e. The molecule has 0 bridgehead atoms. The highest BCUT2D eigenvalue weighted by molar-refractivity contribution is 5.76. The minimum atomic E-state index is -0.335. The fourth-order valence-corrected chi connectivity index (χ4v) is 1.93. The van der Waals surface area contributed by atoms with Gasteiger partial charge >= 0.3 is 0 Å². The highest BCUT2D eigenvalue weighted by atomic mass is 16.1. The van der Waals surface area contributed by atoms with E-state index in [2.05, 4.69) is 10.2 Å². The standard InChI is InChI=1S/C13H20N4O/c1-12(2,3)16-10-9(7-14-16)8-15-17(11(10)18)13(4,5)6/h7-8H,1-6H3. The fourth-order valence-electron chi connectivity index (χ4n) is 1.93. The van der Waals surface area contributed by atoms with Gasteiger partial charge in [-0.05, 0) is 41.5 Å². The lowest BCUT2D eigenvalue weighted by Gasteiger charge is -2.23. The van der Waals surface area contributed by atoms with E-state index in [1.807, 2.05) is 41.5 Å². The van der Waals surface area contributed by atoms with Crippen molar-refractivity contribution in [3.05, 3.63) is 22.7 Å². The van der Waals surface area contributed by atoms with E-state index in [4.69, 9.17) is 0 Å². The molecule has 5 heteroatoms.